The molecule has 4 heterocycles. The van der Waals surface area contributed by atoms with Crippen LogP contribution in [0.15, 0.2) is 53.6 Å². The van der Waals surface area contributed by atoms with Crippen LogP contribution in [0.4, 0.5) is 24.7 Å². The molecule has 2 fully saturated rings. The molecule has 2 aromatic heterocycles. The van der Waals surface area contributed by atoms with E-state index in [9.17, 15) is 22.8 Å². The van der Waals surface area contributed by atoms with E-state index in [0.717, 1.165) is 12.0 Å². The minimum absolute atomic E-state index is 0.0806. The van der Waals surface area contributed by atoms with Crippen LogP contribution in [0.5, 0.6) is 5.75 Å². The normalized spacial score (nSPS) is 17.0. The van der Waals surface area contributed by atoms with Crippen molar-refractivity contribution in [1.29, 1.82) is 5.26 Å². The van der Waals surface area contributed by atoms with Crippen LogP contribution in [0.1, 0.15) is 34.3 Å². The maximum absolute atomic E-state index is 13.4. The molecule has 2 saturated heterocycles. The van der Waals surface area contributed by atoms with Gasteiger partial charge in [-0.3, -0.25) is 9.59 Å². The molecule has 0 radical (unpaired) electrons. The van der Waals surface area contributed by atoms with E-state index in [0.29, 0.717) is 82.2 Å². The number of aromatic amines is 1. The number of H-pyrrole nitrogens is 1. The maximum atomic E-state index is 13.4. The predicted octanol–water partition coefficient (Wildman–Crippen LogP) is 3.33. The number of anilines is 2. The van der Waals surface area contributed by atoms with Crippen LogP contribution in [0.25, 0.3) is 0 Å². The van der Waals surface area contributed by atoms with Gasteiger partial charge < -0.3 is 24.2 Å². The van der Waals surface area contributed by atoms with Crippen molar-refractivity contribution in [3.63, 3.8) is 0 Å². The largest absolute Gasteiger partial charge is 0.491 e. The molecule has 2 aliphatic heterocycles. The number of nitrogens with zero attached hydrogens (tertiary/aromatic N) is 6. The average Bonchev–Trinajstić information content (AvgIpc) is 3.51. The molecule has 0 saturated carbocycles. The minimum Gasteiger partial charge on any atom is -0.491 e. The summed E-state index contributed by atoms with van der Waals surface area (Å²) >= 11 is 0. The van der Waals surface area contributed by atoms with Crippen LogP contribution in [-0.4, -0.2) is 85.1 Å². The summed E-state index contributed by atoms with van der Waals surface area (Å²) in [5, 5.41) is 14.4. The quantitative estimate of drug-likeness (QED) is 0.344. The summed E-state index contributed by atoms with van der Waals surface area (Å²) in [6.45, 7) is 4.16. The fraction of sp³-hybridized carbons (Fsp3) is 0.433. The molecule has 44 heavy (non-hydrogen) atoms. The highest BCUT2D eigenvalue weighted by molar-refractivity contribution is 5.94. The molecule has 232 valence electrons. The van der Waals surface area contributed by atoms with Crippen molar-refractivity contribution in [3.8, 4) is 11.8 Å². The number of hydrogen-bond donors (Lipinski definition) is 1. The molecular formula is C30H32F3N7O4. The second-order valence-corrected chi connectivity index (χ2v) is 10.6. The van der Waals surface area contributed by atoms with Crippen molar-refractivity contribution in [3.05, 3.63) is 75.8 Å². The molecule has 14 heteroatoms. The number of pyridine rings is 1. The number of carbonyl (C=O) groups is 1. The number of benzene rings is 1. The Kier molecular flexibility index (Phi) is 9.64. The summed E-state index contributed by atoms with van der Waals surface area (Å²) in [7, 11) is 0. The van der Waals surface area contributed by atoms with Gasteiger partial charge in [-0.1, -0.05) is 6.07 Å². The van der Waals surface area contributed by atoms with Crippen LogP contribution in [0.2, 0.25) is 0 Å². The Bertz CT molecular complexity index is 1530. The lowest BCUT2D eigenvalue weighted by Gasteiger charge is -2.35. The first kappa shape index (κ1) is 30.8. The van der Waals surface area contributed by atoms with Gasteiger partial charge >= 0.3 is 6.18 Å². The highest BCUT2D eigenvalue weighted by Gasteiger charge is 2.39. The van der Waals surface area contributed by atoms with E-state index in [1.807, 2.05) is 11.2 Å². The van der Waals surface area contributed by atoms with Gasteiger partial charge in [0.05, 0.1) is 24.1 Å². The number of amides is 1. The smallest absolute Gasteiger partial charge is 0.423 e. The molecule has 3 aromatic rings. The number of aromatic nitrogens is 3. The van der Waals surface area contributed by atoms with E-state index in [1.54, 1.807) is 46.3 Å². The molecule has 0 aliphatic carbocycles. The minimum atomic E-state index is -4.76. The Morgan fingerprint density at radius 1 is 1.05 bits per heavy atom. The molecule has 1 N–H and O–H groups in total. The molecule has 0 spiro atoms. The van der Waals surface area contributed by atoms with Gasteiger partial charge in [0.1, 0.15) is 29.8 Å². The Hall–Kier alpha value is -4.64. The van der Waals surface area contributed by atoms with Crippen molar-refractivity contribution in [2.45, 2.75) is 19.0 Å². The third-order valence-corrected chi connectivity index (χ3v) is 7.76. The van der Waals surface area contributed by atoms with Crippen LogP contribution in [-0.2, 0) is 10.9 Å². The van der Waals surface area contributed by atoms with Gasteiger partial charge in [-0.25, -0.2) is 10.1 Å². The van der Waals surface area contributed by atoms with Crippen molar-refractivity contribution >= 4 is 17.4 Å². The molecule has 0 bridgehead atoms. The highest BCUT2D eigenvalue weighted by atomic mass is 19.4. The number of nitriles is 1. The van der Waals surface area contributed by atoms with Crippen LogP contribution < -0.4 is 20.1 Å². The number of piperazine rings is 1. The number of ether oxygens (including phenoxy) is 2. The lowest BCUT2D eigenvalue weighted by Crippen LogP contribution is -2.49. The third kappa shape index (κ3) is 7.46. The molecule has 5 rings (SSSR count). The molecular weight excluding hydrogens is 579 g/mol. The summed E-state index contributed by atoms with van der Waals surface area (Å²) in [5.41, 5.74) is -1.62. The topological polar surface area (TPSA) is 128 Å². The number of alkyl halides is 3. The van der Waals surface area contributed by atoms with Gasteiger partial charge in [-0.05, 0) is 49.1 Å². The third-order valence-electron chi connectivity index (χ3n) is 7.76. The first-order chi connectivity index (χ1) is 21.2. The second-order valence-electron chi connectivity index (χ2n) is 10.6. The van der Waals surface area contributed by atoms with Crippen molar-refractivity contribution < 1.29 is 27.4 Å². The number of rotatable bonds is 10. The van der Waals surface area contributed by atoms with Crippen molar-refractivity contribution in [2.24, 2.45) is 5.92 Å². The number of nitrogens with one attached hydrogen (secondary N) is 1. The zero-order valence-electron chi connectivity index (χ0n) is 23.9. The summed E-state index contributed by atoms with van der Waals surface area (Å²) < 4.78 is 51.7. The first-order valence-electron chi connectivity index (χ1n) is 14.3. The summed E-state index contributed by atoms with van der Waals surface area (Å²) in [6.07, 6.45) is -0.819. The molecule has 2 aliphatic rings. The first-order valence-corrected chi connectivity index (χ1v) is 14.3. The Morgan fingerprint density at radius 3 is 2.59 bits per heavy atom. The van der Waals surface area contributed by atoms with Gasteiger partial charge in [0.2, 0.25) is 0 Å². The fourth-order valence-corrected chi connectivity index (χ4v) is 5.44. The summed E-state index contributed by atoms with van der Waals surface area (Å²) in [6, 6.07) is 12.6. The van der Waals surface area contributed by atoms with E-state index in [1.165, 1.54) is 0 Å². The van der Waals surface area contributed by atoms with Gasteiger partial charge in [0.25, 0.3) is 11.5 Å². The van der Waals surface area contributed by atoms with Crippen LogP contribution in [0.3, 0.4) is 0 Å². The lowest BCUT2D eigenvalue weighted by molar-refractivity contribution is -0.138. The van der Waals surface area contributed by atoms with Crippen LogP contribution in [0, 0.1) is 17.2 Å². The van der Waals surface area contributed by atoms with Crippen molar-refractivity contribution in [2.75, 3.05) is 68.9 Å². The zero-order valence-corrected chi connectivity index (χ0v) is 23.9. The molecule has 11 nitrogen and oxygen atoms in total. The Labute approximate surface area is 251 Å². The Morgan fingerprint density at radius 2 is 1.86 bits per heavy atom. The van der Waals surface area contributed by atoms with Gasteiger partial charge in [-0.2, -0.15) is 23.5 Å². The Balaban J connectivity index is 1.01. The van der Waals surface area contributed by atoms with Crippen molar-refractivity contribution in [1.82, 2.24) is 20.1 Å². The zero-order chi connectivity index (χ0) is 31.1. The number of hydrogen-bond acceptors (Lipinski definition) is 9. The van der Waals surface area contributed by atoms with Gasteiger partial charge in [-0.15, -0.1) is 0 Å². The number of carbonyl (C=O) groups excluding carboxylic acids is 1. The van der Waals surface area contributed by atoms with E-state index < -0.39 is 17.3 Å². The van der Waals surface area contributed by atoms with Crippen LogP contribution >= 0.6 is 0 Å². The molecule has 1 atom stereocenters. The average molecular weight is 612 g/mol. The second kappa shape index (κ2) is 13.8. The molecule has 0 unspecified atom stereocenters. The fourth-order valence-electron chi connectivity index (χ4n) is 5.44. The standard InChI is InChI=1S/C30H32F3N7O4/c31-30(32,33)27-25(19-36-37-28(27)41)40-8-6-21(20-40)7-13-43-14-15-44-24-3-1-2-23(16-24)29(42)39-11-9-38(10-12-39)26-5-4-22(17-34)18-35-26/h1-5,16,18-19,21H,6-15,20H2,(H,37,41)/t21-/m1/s1. The van der Waals surface area contributed by atoms with E-state index in [2.05, 4.69) is 21.1 Å². The van der Waals surface area contributed by atoms with E-state index in [4.69, 9.17) is 14.7 Å². The highest BCUT2D eigenvalue weighted by Crippen LogP contribution is 2.35. The van der Waals surface area contributed by atoms with E-state index >= 15 is 0 Å². The van der Waals surface area contributed by atoms with Gasteiger partial charge in [0.15, 0.2) is 0 Å². The summed E-state index contributed by atoms with van der Waals surface area (Å²) in [5.74, 6) is 1.38. The van der Waals surface area contributed by atoms with E-state index in [-0.39, 0.29) is 24.1 Å². The number of halogens is 3. The molecule has 1 amide bonds. The lowest BCUT2D eigenvalue weighted by atomic mass is 10.1. The van der Waals surface area contributed by atoms with Gasteiger partial charge in [0, 0.05) is 57.6 Å². The summed E-state index contributed by atoms with van der Waals surface area (Å²) in [4.78, 5) is 34.6. The predicted molar refractivity (Wildman–Crippen MR) is 155 cm³/mol. The SMILES string of the molecule is N#Cc1ccc(N2CCN(C(=O)c3cccc(OCCOCC[C@H]4CCN(c5cn[nH]c(=O)c5C(F)(F)F)C4)c3)CC2)nc1. The molecule has 1 aromatic carbocycles. The monoisotopic (exact) mass is 611 g/mol. The maximum Gasteiger partial charge on any atom is 0.423 e.